The molecule has 1 aromatic carbocycles. The number of benzene rings is 1. The molecule has 2 aromatic rings. The van der Waals surface area contributed by atoms with E-state index in [4.69, 9.17) is 22.1 Å². The van der Waals surface area contributed by atoms with Crippen LogP contribution >= 0.6 is 11.6 Å². The van der Waals surface area contributed by atoms with E-state index in [-0.39, 0.29) is 28.0 Å². The highest BCUT2D eigenvalue weighted by molar-refractivity contribution is 7.89. The van der Waals surface area contributed by atoms with Crippen LogP contribution in [0.25, 0.3) is 11.4 Å². The van der Waals surface area contributed by atoms with Crippen molar-refractivity contribution in [1.29, 1.82) is 5.41 Å². The molecular formula is C22H25ClN8O4S. The molecule has 190 valence electrons. The summed E-state index contributed by atoms with van der Waals surface area (Å²) in [5, 5.41) is 34.3. The van der Waals surface area contributed by atoms with Crippen molar-refractivity contribution in [1.82, 2.24) is 30.3 Å². The second-order valence-electron chi connectivity index (χ2n) is 8.19. The van der Waals surface area contributed by atoms with Crippen molar-refractivity contribution in [3.63, 3.8) is 0 Å². The molecule has 1 aromatic heterocycles. The van der Waals surface area contributed by atoms with Gasteiger partial charge in [-0.15, -0.1) is 5.10 Å². The number of sulfonamides is 1. The standard InChI is InChI=1S/C22H25ClN8O4S/c1-12-18(24)16(19(26-2)13-8-14(23)10-15(9-13)36(25,34)35)5-7-30(12)22(33)20-28-11-31(29-20)17-4-3-6-27-21(17)32/h3-4,6,8-12,21,24,26-27,32H,5,7H2,1-2H3,(H2,25,34,35)/b19-16-,24-18?/t12-,21?/m1/s1. The van der Waals surface area contributed by atoms with Crippen LogP contribution in [0.4, 0.5) is 0 Å². The number of carbonyl (C=O) groups excluding carboxylic acids is 1. The largest absolute Gasteiger partial charge is 0.387 e. The molecule has 3 heterocycles. The molecule has 0 aliphatic carbocycles. The number of aliphatic hydroxyl groups excluding tert-OH is 1. The smallest absolute Gasteiger partial charge is 0.294 e. The Labute approximate surface area is 212 Å². The number of rotatable bonds is 5. The maximum Gasteiger partial charge on any atom is 0.294 e. The number of aliphatic hydroxyl groups is 1. The van der Waals surface area contributed by atoms with Crippen LogP contribution in [0.1, 0.15) is 29.5 Å². The molecule has 4 rings (SSSR count). The number of carbonyl (C=O) groups is 1. The number of likely N-dealkylation sites (tertiary alicyclic amines) is 1. The number of hydrogen-bond donors (Lipinski definition) is 5. The molecule has 1 fully saturated rings. The molecule has 0 saturated carbocycles. The van der Waals surface area contributed by atoms with E-state index in [0.29, 0.717) is 29.0 Å². The second-order valence-corrected chi connectivity index (χ2v) is 10.2. The minimum Gasteiger partial charge on any atom is -0.387 e. The first kappa shape index (κ1) is 25.6. The average molecular weight is 533 g/mol. The highest BCUT2D eigenvalue weighted by atomic mass is 35.5. The summed E-state index contributed by atoms with van der Waals surface area (Å²) in [5.41, 5.74) is 2.18. The molecule has 36 heavy (non-hydrogen) atoms. The minimum absolute atomic E-state index is 0.0637. The third kappa shape index (κ3) is 4.91. The fourth-order valence-corrected chi connectivity index (χ4v) is 5.01. The van der Waals surface area contributed by atoms with Crippen molar-refractivity contribution in [2.24, 2.45) is 5.14 Å². The predicted molar refractivity (Wildman–Crippen MR) is 134 cm³/mol. The molecule has 2 atom stereocenters. The van der Waals surface area contributed by atoms with Crippen molar-refractivity contribution < 1.29 is 18.3 Å². The normalized spacial score (nSPS) is 21.6. The lowest BCUT2D eigenvalue weighted by atomic mass is 9.91. The molecule has 1 amide bonds. The van der Waals surface area contributed by atoms with E-state index in [0.717, 1.165) is 0 Å². The fourth-order valence-electron chi connectivity index (χ4n) is 4.13. The van der Waals surface area contributed by atoms with Crippen LogP contribution in [0.5, 0.6) is 0 Å². The molecule has 1 saturated heterocycles. The molecule has 2 aliphatic rings. The summed E-state index contributed by atoms with van der Waals surface area (Å²) in [6.45, 7) is 2.00. The Kier molecular flexibility index (Phi) is 7.00. The van der Waals surface area contributed by atoms with Gasteiger partial charge < -0.3 is 26.0 Å². The summed E-state index contributed by atoms with van der Waals surface area (Å²) in [6.07, 6.45) is 5.60. The van der Waals surface area contributed by atoms with Gasteiger partial charge in [-0.1, -0.05) is 11.6 Å². The van der Waals surface area contributed by atoms with Gasteiger partial charge in [-0.25, -0.2) is 23.2 Å². The Morgan fingerprint density at radius 2 is 2.11 bits per heavy atom. The highest BCUT2D eigenvalue weighted by Gasteiger charge is 2.34. The van der Waals surface area contributed by atoms with Crippen molar-refractivity contribution in [3.05, 3.63) is 64.9 Å². The number of aromatic nitrogens is 3. The number of piperidine rings is 1. The molecular weight excluding hydrogens is 508 g/mol. The number of nitrogens with zero attached hydrogens (tertiary/aromatic N) is 4. The number of dihydropyridines is 1. The molecule has 12 nitrogen and oxygen atoms in total. The summed E-state index contributed by atoms with van der Waals surface area (Å²) >= 11 is 6.14. The number of amides is 1. The van der Waals surface area contributed by atoms with Gasteiger partial charge in [-0.05, 0) is 49.9 Å². The first-order valence-electron chi connectivity index (χ1n) is 10.9. The van der Waals surface area contributed by atoms with Crippen LogP contribution in [0.3, 0.4) is 0 Å². The van der Waals surface area contributed by atoms with E-state index in [1.54, 1.807) is 38.4 Å². The lowest BCUT2D eigenvalue weighted by molar-refractivity contribution is 0.0715. The zero-order chi connectivity index (χ0) is 26.2. The van der Waals surface area contributed by atoms with E-state index in [1.807, 2.05) is 0 Å². The van der Waals surface area contributed by atoms with Crippen molar-refractivity contribution in [2.75, 3.05) is 13.6 Å². The first-order chi connectivity index (χ1) is 17.0. The van der Waals surface area contributed by atoms with Crippen LogP contribution in [0.15, 0.2) is 53.3 Å². The van der Waals surface area contributed by atoms with Gasteiger partial charge >= 0.3 is 0 Å². The SMILES string of the molecule is CN/C(=C1/CCN(C(=O)c2ncn(C3=CC=CNC3O)n2)[C@H](C)C1=N)c1cc(Cl)cc(S(N)(=O)=O)c1. The van der Waals surface area contributed by atoms with Crippen molar-refractivity contribution in [2.45, 2.75) is 30.5 Å². The Bertz CT molecular complexity index is 1430. The van der Waals surface area contributed by atoms with Crippen LogP contribution in [-0.2, 0) is 10.0 Å². The van der Waals surface area contributed by atoms with Crippen LogP contribution in [0.2, 0.25) is 5.02 Å². The molecule has 0 bridgehead atoms. The zero-order valence-corrected chi connectivity index (χ0v) is 21.0. The zero-order valence-electron chi connectivity index (χ0n) is 19.4. The summed E-state index contributed by atoms with van der Waals surface area (Å²) in [5.74, 6) is -0.518. The quantitative estimate of drug-likeness (QED) is 0.374. The highest BCUT2D eigenvalue weighted by Crippen LogP contribution is 2.29. The first-order valence-corrected chi connectivity index (χ1v) is 12.8. The van der Waals surface area contributed by atoms with Gasteiger partial charge in [0.25, 0.3) is 5.91 Å². The van der Waals surface area contributed by atoms with Crippen molar-refractivity contribution >= 4 is 44.6 Å². The minimum atomic E-state index is -3.99. The van der Waals surface area contributed by atoms with Gasteiger partial charge in [0, 0.05) is 35.4 Å². The maximum absolute atomic E-state index is 13.2. The topological polar surface area (TPSA) is 179 Å². The van der Waals surface area contributed by atoms with Gasteiger partial charge in [-0.3, -0.25) is 4.79 Å². The average Bonchev–Trinajstić information content (AvgIpc) is 3.31. The molecule has 6 N–H and O–H groups in total. The molecule has 1 unspecified atom stereocenters. The van der Waals surface area contributed by atoms with E-state index in [1.165, 1.54) is 28.0 Å². The molecule has 2 aliphatic heterocycles. The predicted octanol–water partition coefficient (Wildman–Crippen LogP) is 0.740. The van der Waals surface area contributed by atoms with Gasteiger partial charge in [0.05, 0.1) is 22.3 Å². The van der Waals surface area contributed by atoms with Crippen LogP contribution in [0, 0.1) is 5.41 Å². The second kappa shape index (κ2) is 9.85. The Hall–Kier alpha value is -3.52. The van der Waals surface area contributed by atoms with Gasteiger partial charge in [0.2, 0.25) is 15.8 Å². The number of nitrogens with one attached hydrogen (secondary N) is 3. The third-order valence-corrected chi connectivity index (χ3v) is 7.07. The van der Waals surface area contributed by atoms with Crippen LogP contribution in [-0.4, -0.2) is 70.7 Å². The van der Waals surface area contributed by atoms with E-state index in [9.17, 15) is 18.3 Å². The molecule has 14 heteroatoms. The van der Waals surface area contributed by atoms with Crippen molar-refractivity contribution in [3.8, 4) is 0 Å². The summed E-state index contributed by atoms with van der Waals surface area (Å²) in [7, 11) is -2.33. The Balaban J connectivity index is 1.61. The Morgan fingerprint density at radius 3 is 2.78 bits per heavy atom. The number of nitrogens with two attached hydrogens (primary N) is 1. The Morgan fingerprint density at radius 1 is 1.36 bits per heavy atom. The monoisotopic (exact) mass is 532 g/mol. The summed E-state index contributed by atoms with van der Waals surface area (Å²) in [6, 6.07) is 3.62. The third-order valence-electron chi connectivity index (χ3n) is 5.96. The van der Waals surface area contributed by atoms with Gasteiger partial charge in [0.1, 0.15) is 6.33 Å². The van der Waals surface area contributed by atoms with Crippen LogP contribution < -0.4 is 15.8 Å². The fraction of sp³-hybridized carbons (Fsp3) is 0.273. The molecule has 0 radical (unpaired) electrons. The van der Waals surface area contributed by atoms with E-state index < -0.39 is 28.2 Å². The number of hydrogen-bond acceptors (Lipinski definition) is 9. The number of primary sulfonamides is 1. The van der Waals surface area contributed by atoms with E-state index in [2.05, 4.69) is 20.7 Å². The lowest BCUT2D eigenvalue weighted by Gasteiger charge is -2.35. The van der Waals surface area contributed by atoms with E-state index >= 15 is 0 Å². The summed E-state index contributed by atoms with van der Waals surface area (Å²) < 4.78 is 25.1. The summed E-state index contributed by atoms with van der Waals surface area (Å²) in [4.78, 5) is 18.7. The maximum atomic E-state index is 13.2. The number of allylic oxidation sites excluding steroid dienone is 2. The lowest BCUT2D eigenvalue weighted by Crippen LogP contribution is -2.48. The number of halogens is 1. The molecule has 0 spiro atoms. The van der Waals surface area contributed by atoms with Gasteiger partial charge in [0.15, 0.2) is 6.23 Å². The van der Waals surface area contributed by atoms with Gasteiger partial charge in [-0.2, -0.15) is 0 Å².